The van der Waals surface area contributed by atoms with Crippen molar-refractivity contribution < 1.29 is 4.74 Å². The van der Waals surface area contributed by atoms with Gasteiger partial charge in [-0.3, -0.25) is 4.90 Å². The highest BCUT2D eigenvalue weighted by Gasteiger charge is 2.50. The van der Waals surface area contributed by atoms with Gasteiger partial charge in [0.05, 0.1) is 5.60 Å². The van der Waals surface area contributed by atoms with E-state index in [1.54, 1.807) is 0 Å². The van der Waals surface area contributed by atoms with Crippen molar-refractivity contribution in [3.63, 3.8) is 0 Å². The van der Waals surface area contributed by atoms with E-state index < -0.39 is 0 Å². The Kier molecular flexibility index (Phi) is 4.13. The number of likely N-dealkylation sites (tertiary alicyclic amines) is 1. The Morgan fingerprint density at radius 1 is 1.25 bits per heavy atom. The Balaban J connectivity index is 1.84. The number of rotatable bonds is 3. The Labute approximate surface area is 124 Å². The van der Waals surface area contributed by atoms with Crippen molar-refractivity contribution in [2.75, 3.05) is 19.7 Å². The number of hydrogen-bond donors (Lipinski definition) is 1. The third-order valence-corrected chi connectivity index (χ3v) is 6.45. The summed E-state index contributed by atoms with van der Waals surface area (Å²) < 4.78 is 6.09. The van der Waals surface area contributed by atoms with Crippen LogP contribution in [-0.2, 0) is 4.74 Å². The normalized spacial score (nSPS) is 46.4. The molecule has 116 valence electrons. The maximum Gasteiger partial charge on any atom is 0.0670 e. The first-order chi connectivity index (χ1) is 9.62. The molecule has 4 unspecified atom stereocenters. The Bertz CT molecular complexity index is 348. The molecule has 2 N–H and O–H groups in total. The largest absolute Gasteiger partial charge is 0.375 e. The first kappa shape index (κ1) is 14.8. The van der Waals surface area contributed by atoms with Gasteiger partial charge in [0.2, 0.25) is 0 Å². The van der Waals surface area contributed by atoms with Crippen LogP contribution in [0.2, 0.25) is 0 Å². The molecule has 4 atom stereocenters. The van der Waals surface area contributed by atoms with Gasteiger partial charge in [0.25, 0.3) is 0 Å². The van der Waals surface area contributed by atoms with Crippen LogP contribution < -0.4 is 5.73 Å². The van der Waals surface area contributed by atoms with Gasteiger partial charge in [0.1, 0.15) is 0 Å². The van der Waals surface area contributed by atoms with E-state index in [9.17, 15) is 0 Å². The molecule has 1 saturated carbocycles. The first-order valence-corrected chi connectivity index (χ1v) is 8.73. The molecule has 3 aliphatic rings. The monoisotopic (exact) mass is 280 g/mol. The summed E-state index contributed by atoms with van der Waals surface area (Å²) in [5.74, 6) is 0.947. The van der Waals surface area contributed by atoms with Crippen LogP contribution in [-0.4, -0.2) is 41.8 Å². The summed E-state index contributed by atoms with van der Waals surface area (Å²) in [6.45, 7) is 7.48. The van der Waals surface area contributed by atoms with Crippen molar-refractivity contribution in [1.82, 2.24) is 4.90 Å². The molecular weight excluding hydrogens is 248 g/mol. The topological polar surface area (TPSA) is 38.5 Å². The van der Waals surface area contributed by atoms with Crippen LogP contribution in [0.4, 0.5) is 0 Å². The number of fused-ring (bicyclic) bond motifs is 1. The van der Waals surface area contributed by atoms with E-state index in [2.05, 4.69) is 18.7 Å². The van der Waals surface area contributed by atoms with E-state index >= 15 is 0 Å². The van der Waals surface area contributed by atoms with Crippen LogP contribution in [0.25, 0.3) is 0 Å². The maximum atomic E-state index is 6.33. The third-order valence-electron chi connectivity index (χ3n) is 6.45. The summed E-state index contributed by atoms with van der Waals surface area (Å²) in [5, 5.41) is 0. The highest BCUT2D eigenvalue weighted by atomic mass is 16.5. The summed E-state index contributed by atoms with van der Waals surface area (Å²) in [4.78, 5) is 2.84. The zero-order chi connectivity index (χ0) is 14.2. The molecule has 3 fully saturated rings. The minimum absolute atomic E-state index is 0.0309. The van der Waals surface area contributed by atoms with Crippen molar-refractivity contribution in [2.24, 2.45) is 11.7 Å². The summed E-state index contributed by atoms with van der Waals surface area (Å²) in [5.41, 5.74) is 6.57. The molecule has 0 radical (unpaired) electrons. The van der Waals surface area contributed by atoms with E-state index in [-0.39, 0.29) is 11.1 Å². The summed E-state index contributed by atoms with van der Waals surface area (Å²) in [6, 6.07) is 0.812. The fourth-order valence-corrected chi connectivity index (χ4v) is 5.13. The van der Waals surface area contributed by atoms with Gasteiger partial charge >= 0.3 is 0 Å². The summed E-state index contributed by atoms with van der Waals surface area (Å²) in [6.07, 6.45) is 10.4. The number of hydrogen-bond acceptors (Lipinski definition) is 3. The van der Waals surface area contributed by atoms with Gasteiger partial charge in [-0.05, 0) is 64.3 Å². The first-order valence-electron chi connectivity index (χ1n) is 8.73. The predicted octanol–water partition coefficient (Wildman–Crippen LogP) is 2.93. The zero-order valence-corrected chi connectivity index (χ0v) is 13.4. The molecule has 2 heterocycles. The smallest absolute Gasteiger partial charge is 0.0670 e. The standard InChI is InChI=1S/C17H32N2O/c1-3-16(2)12-17(13-18,9-11-20-16)19-10-5-7-14-6-4-8-15(14)19/h14-15H,3-13,18H2,1-2H3. The van der Waals surface area contributed by atoms with E-state index in [1.807, 2.05) is 0 Å². The fourth-order valence-electron chi connectivity index (χ4n) is 5.13. The molecule has 1 aliphatic carbocycles. The fraction of sp³-hybridized carbons (Fsp3) is 1.00. The Morgan fingerprint density at radius 2 is 2.05 bits per heavy atom. The molecule has 2 aliphatic heterocycles. The van der Waals surface area contributed by atoms with Gasteiger partial charge in [0.15, 0.2) is 0 Å². The minimum atomic E-state index is 0.0309. The molecule has 0 aromatic heterocycles. The summed E-state index contributed by atoms with van der Waals surface area (Å²) >= 11 is 0. The molecule has 0 spiro atoms. The average molecular weight is 280 g/mol. The van der Waals surface area contributed by atoms with Crippen LogP contribution >= 0.6 is 0 Å². The van der Waals surface area contributed by atoms with E-state index in [4.69, 9.17) is 10.5 Å². The van der Waals surface area contributed by atoms with Crippen LogP contribution in [0, 0.1) is 5.92 Å². The van der Waals surface area contributed by atoms with Crippen LogP contribution in [0.15, 0.2) is 0 Å². The van der Waals surface area contributed by atoms with Gasteiger partial charge in [-0.1, -0.05) is 13.3 Å². The van der Waals surface area contributed by atoms with Crippen LogP contribution in [0.5, 0.6) is 0 Å². The average Bonchev–Trinajstić information content (AvgIpc) is 2.95. The zero-order valence-electron chi connectivity index (χ0n) is 13.4. The highest BCUT2D eigenvalue weighted by Crippen LogP contribution is 2.45. The molecule has 0 bridgehead atoms. The van der Waals surface area contributed by atoms with Crippen molar-refractivity contribution >= 4 is 0 Å². The lowest BCUT2D eigenvalue weighted by Gasteiger charge is -2.56. The number of nitrogens with zero attached hydrogens (tertiary/aromatic N) is 1. The molecule has 3 nitrogen and oxygen atoms in total. The third kappa shape index (κ3) is 2.42. The van der Waals surface area contributed by atoms with Gasteiger partial charge in [-0.15, -0.1) is 0 Å². The van der Waals surface area contributed by atoms with Crippen molar-refractivity contribution in [1.29, 1.82) is 0 Å². The molecule has 3 rings (SSSR count). The summed E-state index contributed by atoms with van der Waals surface area (Å²) in [7, 11) is 0. The van der Waals surface area contributed by atoms with Crippen molar-refractivity contribution in [2.45, 2.75) is 82.4 Å². The quantitative estimate of drug-likeness (QED) is 0.864. The second-order valence-corrected chi connectivity index (χ2v) is 7.60. The van der Waals surface area contributed by atoms with Crippen molar-refractivity contribution in [3.8, 4) is 0 Å². The molecule has 0 amide bonds. The van der Waals surface area contributed by atoms with Crippen LogP contribution in [0.1, 0.15) is 65.2 Å². The molecule has 3 heteroatoms. The number of ether oxygens (including phenoxy) is 1. The van der Waals surface area contributed by atoms with E-state index in [1.165, 1.54) is 38.6 Å². The maximum absolute atomic E-state index is 6.33. The van der Waals surface area contributed by atoms with Gasteiger partial charge in [-0.25, -0.2) is 0 Å². The Morgan fingerprint density at radius 3 is 2.80 bits per heavy atom. The molecule has 20 heavy (non-hydrogen) atoms. The second kappa shape index (κ2) is 5.58. The SMILES string of the molecule is CCC1(C)CC(CN)(N2CCCC3CCCC32)CCO1. The number of piperidine rings is 1. The lowest BCUT2D eigenvalue weighted by molar-refractivity contribution is -0.144. The minimum Gasteiger partial charge on any atom is -0.375 e. The highest BCUT2D eigenvalue weighted by molar-refractivity contribution is 5.05. The van der Waals surface area contributed by atoms with E-state index in [0.29, 0.717) is 0 Å². The molecule has 0 aromatic carbocycles. The molecular formula is C17H32N2O. The number of nitrogens with two attached hydrogens (primary N) is 1. The molecule has 2 saturated heterocycles. The Hall–Kier alpha value is -0.120. The van der Waals surface area contributed by atoms with Gasteiger partial charge < -0.3 is 10.5 Å². The van der Waals surface area contributed by atoms with Gasteiger partial charge in [0, 0.05) is 24.7 Å². The van der Waals surface area contributed by atoms with Crippen molar-refractivity contribution in [3.05, 3.63) is 0 Å². The lowest BCUT2D eigenvalue weighted by Crippen LogP contribution is -2.65. The predicted molar refractivity (Wildman–Crippen MR) is 82.7 cm³/mol. The van der Waals surface area contributed by atoms with Crippen LogP contribution in [0.3, 0.4) is 0 Å². The molecule has 0 aromatic rings. The van der Waals surface area contributed by atoms with Gasteiger partial charge in [-0.2, -0.15) is 0 Å². The second-order valence-electron chi connectivity index (χ2n) is 7.60. The lowest BCUT2D eigenvalue weighted by atomic mass is 9.75. The van der Waals surface area contributed by atoms with E-state index in [0.717, 1.165) is 44.4 Å².